The Morgan fingerprint density at radius 2 is 2.22 bits per heavy atom. The van der Waals surface area contributed by atoms with Crippen LogP contribution in [0.4, 0.5) is 0 Å². The fourth-order valence-corrected chi connectivity index (χ4v) is 1.37. The molecule has 0 amide bonds. The Morgan fingerprint density at radius 3 is 2.56 bits per heavy atom. The summed E-state index contributed by atoms with van der Waals surface area (Å²) < 4.78 is 0. The van der Waals surface area contributed by atoms with Gasteiger partial charge in [0.15, 0.2) is 0 Å². The number of rotatable bonds is 3. The van der Waals surface area contributed by atoms with Gasteiger partial charge in [0.05, 0.1) is 0 Å². The minimum Gasteiger partial charge on any atom is -0.325 e. The molecular weight excluding hydrogens is 110 g/mol. The van der Waals surface area contributed by atoms with Crippen LogP contribution in [0.15, 0.2) is 0 Å². The lowest BCUT2D eigenvalue weighted by atomic mass is 10.1. The van der Waals surface area contributed by atoms with Crippen LogP contribution in [0.25, 0.3) is 0 Å². The molecule has 1 heteroatoms. The van der Waals surface area contributed by atoms with Gasteiger partial charge in [-0.15, -0.1) is 0 Å². The van der Waals surface area contributed by atoms with Crippen LogP contribution in [0.5, 0.6) is 0 Å². The molecule has 1 aliphatic carbocycles. The first-order valence-electron chi connectivity index (χ1n) is 3.98. The van der Waals surface area contributed by atoms with E-state index in [-0.39, 0.29) is 5.54 Å². The first kappa shape index (κ1) is 7.07. The monoisotopic (exact) mass is 127 g/mol. The van der Waals surface area contributed by atoms with Gasteiger partial charge in [-0.2, -0.15) is 0 Å². The Hall–Kier alpha value is -0.0400. The van der Waals surface area contributed by atoms with Crippen LogP contribution in [0.2, 0.25) is 0 Å². The second kappa shape index (κ2) is 2.30. The molecule has 0 aliphatic heterocycles. The van der Waals surface area contributed by atoms with Crippen molar-refractivity contribution in [2.75, 3.05) is 0 Å². The second-order valence-corrected chi connectivity index (χ2v) is 3.44. The molecule has 0 saturated heterocycles. The molecule has 2 unspecified atom stereocenters. The molecule has 0 bridgehead atoms. The number of unbranched alkanes of at least 4 members (excludes halogenated alkanes) is 1. The minimum atomic E-state index is 0.260. The average Bonchev–Trinajstić information content (AvgIpc) is 2.38. The van der Waals surface area contributed by atoms with Gasteiger partial charge in [-0.1, -0.05) is 26.7 Å². The van der Waals surface area contributed by atoms with Gasteiger partial charge < -0.3 is 5.73 Å². The van der Waals surface area contributed by atoms with Gasteiger partial charge in [0.2, 0.25) is 0 Å². The van der Waals surface area contributed by atoms with E-state index in [2.05, 4.69) is 13.8 Å². The van der Waals surface area contributed by atoms with E-state index < -0.39 is 0 Å². The first-order valence-corrected chi connectivity index (χ1v) is 3.98. The molecule has 1 saturated carbocycles. The minimum absolute atomic E-state index is 0.260. The molecule has 0 radical (unpaired) electrons. The fourth-order valence-electron chi connectivity index (χ4n) is 1.37. The molecule has 0 aromatic heterocycles. The number of nitrogens with two attached hydrogens (primary N) is 1. The molecule has 0 heterocycles. The average molecular weight is 127 g/mol. The van der Waals surface area contributed by atoms with Crippen LogP contribution in [-0.4, -0.2) is 5.54 Å². The van der Waals surface area contributed by atoms with Crippen LogP contribution < -0.4 is 5.73 Å². The SMILES string of the molecule is CCCCC1(N)CC1C. The van der Waals surface area contributed by atoms with Gasteiger partial charge in [0, 0.05) is 5.54 Å². The summed E-state index contributed by atoms with van der Waals surface area (Å²) in [6, 6.07) is 0. The molecule has 0 spiro atoms. The molecule has 9 heavy (non-hydrogen) atoms. The summed E-state index contributed by atoms with van der Waals surface area (Å²) in [5.74, 6) is 0.795. The smallest absolute Gasteiger partial charge is 0.0184 e. The highest BCUT2D eigenvalue weighted by Crippen LogP contribution is 2.43. The maximum atomic E-state index is 5.98. The molecule has 54 valence electrons. The lowest BCUT2D eigenvalue weighted by Crippen LogP contribution is -2.23. The summed E-state index contributed by atoms with van der Waals surface area (Å²) in [5, 5.41) is 0. The number of hydrogen-bond acceptors (Lipinski definition) is 1. The van der Waals surface area contributed by atoms with Gasteiger partial charge in [0.25, 0.3) is 0 Å². The third-order valence-corrected chi connectivity index (χ3v) is 2.50. The van der Waals surface area contributed by atoms with E-state index >= 15 is 0 Å². The molecule has 0 aromatic carbocycles. The highest BCUT2D eigenvalue weighted by atomic mass is 14.8. The lowest BCUT2D eigenvalue weighted by molar-refractivity contribution is 0.534. The lowest BCUT2D eigenvalue weighted by Gasteiger charge is -2.07. The van der Waals surface area contributed by atoms with Crippen molar-refractivity contribution in [1.29, 1.82) is 0 Å². The summed E-state index contributed by atoms with van der Waals surface area (Å²) in [7, 11) is 0. The summed E-state index contributed by atoms with van der Waals surface area (Å²) in [6.45, 7) is 4.46. The number of hydrogen-bond donors (Lipinski definition) is 1. The Balaban J connectivity index is 2.13. The van der Waals surface area contributed by atoms with E-state index in [1.54, 1.807) is 0 Å². The molecule has 1 nitrogen and oxygen atoms in total. The largest absolute Gasteiger partial charge is 0.325 e. The summed E-state index contributed by atoms with van der Waals surface area (Å²) in [6.07, 6.45) is 5.09. The van der Waals surface area contributed by atoms with Gasteiger partial charge >= 0.3 is 0 Å². The first-order chi connectivity index (χ1) is 4.19. The standard InChI is InChI=1S/C8H17N/c1-3-4-5-8(9)6-7(8)2/h7H,3-6,9H2,1-2H3. The Labute approximate surface area is 57.6 Å². The van der Waals surface area contributed by atoms with Gasteiger partial charge in [-0.05, 0) is 18.8 Å². The molecule has 0 aromatic rings. The van der Waals surface area contributed by atoms with Crippen molar-refractivity contribution in [2.24, 2.45) is 11.7 Å². The zero-order chi connectivity index (χ0) is 6.91. The zero-order valence-corrected chi connectivity index (χ0v) is 6.48. The van der Waals surface area contributed by atoms with Crippen LogP contribution in [0, 0.1) is 5.92 Å². The van der Waals surface area contributed by atoms with Crippen LogP contribution >= 0.6 is 0 Å². The van der Waals surface area contributed by atoms with Gasteiger partial charge in [-0.3, -0.25) is 0 Å². The predicted molar refractivity (Wildman–Crippen MR) is 40.2 cm³/mol. The van der Waals surface area contributed by atoms with Gasteiger partial charge in [0.1, 0.15) is 0 Å². The highest BCUT2D eigenvalue weighted by Gasteiger charge is 2.46. The summed E-state index contributed by atoms with van der Waals surface area (Å²) >= 11 is 0. The molecule has 2 atom stereocenters. The van der Waals surface area contributed by atoms with Crippen molar-refractivity contribution in [3.63, 3.8) is 0 Å². The summed E-state index contributed by atoms with van der Waals surface area (Å²) in [5.41, 5.74) is 6.24. The highest BCUT2D eigenvalue weighted by molar-refractivity contribution is 5.04. The maximum absolute atomic E-state index is 5.98. The van der Waals surface area contributed by atoms with E-state index in [0.29, 0.717) is 0 Å². The van der Waals surface area contributed by atoms with Gasteiger partial charge in [-0.25, -0.2) is 0 Å². The van der Waals surface area contributed by atoms with E-state index in [4.69, 9.17) is 5.73 Å². The molecular formula is C8H17N. The third kappa shape index (κ3) is 1.45. The van der Waals surface area contributed by atoms with Crippen molar-refractivity contribution >= 4 is 0 Å². The van der Waals surface area contributed by atoms with E-state index in [0.717, 1.165) is 5.92 Å². The van der Waals surface area contributed by atoms with Crippen molar-refractivity contribution in [3.8, 4) is 0 Å². The Morgan fingerprint density at radius 1 is 1.67 bits per heavy atom. The predicted octanol–water partition coefficient (Wildman–Crippen LogP) is 1.91. The van der Waals surface area contributed by atoms with E-state index in [9.17, 15) is 0 Å². The normalized spacial score (nSPS) is 41.0. The molecule has 1 rings (SSSR count). The topological polar surface area (TPSA) is 26.0 Å². The molecule has 1 aliphatic rings. The Kier molecular flexibility index (Phi) is 1.80. The Bertz CT molecular complexity index is 101. The third-order valence-electron chi connectivity index (χ3n) is 2.50. The van der Waals surface area contributed by atoms with Crippen molar-refractivity contribution < 1.29 is 0 Å². The van der Waals surface area contributed by atoms with E-state index in [1.807, 2.05) is 0 Å². The fraction of sp³-hybridized carbons (Fsp3) is 1.00. The van der Waals surface area contributed by atoms with Crippen LogP contribution in [0.3, 0.4) is 0 Å². The van der Waals surface area contributed by atoms with E-state index in [1.165, 1.54) is 25.7 Å². The second-order valence-electron chi connectivity index (χ2n) is 3.44. The zero-order valence-electron chi connectivity index (χ0n) is 6.48. The summed E-state index contributed by atoms with van der Waals surface area (Å²) in [4.78, 5) is 0. The van der Waals surface area contributed by atoms with Crippen LogP contribution in [0.1, 0.15) is 39.5 Å². The molecule has 2 N–H and O–H groups in total. The van der Waals surface area contributed by atoms with Crippen molar-refractivity contribution in [3.05, 3.63) is 0 Å². The molecule has 1 fully saturated rings. The maximum Gasteiger partial charge on any atom is 0.0184 e. The van der Waals surface area contributed by atoms with Crippen molar-refractivity contribution in [1.82, 2.24) is 0 Å². The van der Waals surface area contributed by atoms with Crippen LogP contribution in [-0.2, 0) is 0 Å². The van der Waals surface area contributed by atoms with Crippen molar-refractivity contribution in [2.45, 2.75) is 45.1 Å². The quantitative estimate of drug-likeness (QED) is 0.615.